The van der Waals surface area contributed by atoms with E-state index in [1.165, 1.54) is 121 Å². The van der Waals surface area contributed by atoms with Crippen LogP contribution in [0.4, 0.5) is 0 Å². The Morgan fingerprint density at radius 1 is 0.603 bits per heavy atom. The van der Waals surface area contributed by atoms with Gasteiger partial charge in [-0.25, -0.2) is 0 Å². The minimum absolute atomic E-state index is 0. The summed E-state index contributed by atoms with van der Waals surface area (Å²) in [6, 6.07) is 0. The van der Waals surface area contributed by atoms with E-state index in [0.717, 1.165) is 103 Å². The Balaban J connectivity index is 0.000000256. The number of carbonyl (C=O) groups is 4. The van der Waals surface area contributed by atoms with Crippen LogP contribution in [-0.4, -0.2) is 58.5 Å². The molecule has 0 spiro atoms. The summed E-state index contributed by atoms with van der Waals surface area (Å²) in [4.78, 5) is 45.6. The Labute approximate surface area is 495 Å². The van der Waals surface area contributed by atoms with Crippen molar-refractivity contribution >= 4 is 64.1 Å². The molecule has 0 saturated heterocycles. The first-order chi connectivity index (χ1) is 36.3. The van der Waals surface area contributed by atoms with E-state index >= 15 is 0 Å². The highest BCUT2D eigenvalue weighted by atomic mass is 79.9. The fourth-order valence-corrected chi connectivity index (χ4v) is 19.6. The lowest BCUT2D eigenvalue weighted by molar-refractivity contribution is -0.149. The van der Waals surface area contributed by atoms with Crippen LogP contribution in [0.1, 0.15) is 232 Å². The summed E-state index contributed by atoms with van der Waals surface area (Å²) in [7, 11) is 0. The van der Waals surface area contributed by atoms with Crippen molar-refractivity contribution in [3.63, 3.8) is 0 Å². The SMILES string of the molecule is C.CC(C)CCC[C@@H](C)[C@H]1CC[C@H]2[C@@H]3CC=C4C[C@@H](OC(=O)CBr)CC[C@]4(C)[C@H]3CC[C@]12C.CC(C)CCC[C@@H](C)[C@H]1CC[C@H]2[C@@H]3CC=C4C[C@@H](OC(=O)CSCC(C)C(N)=O)CC[C@]4(C)[C@H]3CC[C@]12C.CC(CS)C(N)=O. The third-order valence-electron chi connectivity index (χ3n) is 23.1. The molecule has 0 aromatic rings. The van der Waals surface area contributed by atoms with Gasteiger partial charge in [-0.2, -0.15) is 12.6 Å². The number of alkyl halides is 1. The molecule has 18 atom stereocenters. The highest BCUT2D eigenvalue weighted by molar-refractivity contribution is 9.09. The average molecular weight is 1190 g/mol. The number of thioether (sulfide) groups is 1. The second-order valence-electron chi connectivity index (χ2n) is 28.7. The normalized spacial score (nSPS) is 36.9. The average Bonchev–Trinajstić information content (AvgIpc) is 3.93. The number of ether oxygens (including phenoxy) is 2. The second kappa shape index (κ2) is 29.4. The van der Waals surface area contributed by atoms with Crippen molar-refractivity contribution in [3.8, 4) is 0 Å². The van der Waals surface area contributed by atoms with Gasteiger partial charge in [0.2, 0.25) is 11.8 Å². The molecule has 8 aliphatic carbocycles. The molecule has 8 nitrogen and oxygen atoms in total. The molecule has 2 unspecified atom stereocenters. The number of thiol groups is 1. The molecule has 11 heteroatoms. The molecule has 448 valence electrons. The van der Waals surface area contributed by atoms with Crippen LogP contribution in [-0.2, 0) is 28.7 Å². The third kappa shape index (κ3) is 15.6. The Hall–Kier alpha value is -1.46. The monoisotopic (exact) mass is 1190 g/mol. The van der Waals surface area contributed by atoms with E-state index in [9.17, 15) is 19.2 Å². The smallest absolute Gasteiger partial charge is 0.316 e. The fourth-order valence-electron chi connectivity index (χ4n) is 18.4. The Bertz CT molecular complexity index is 2050. The number of halogens is 1. The maximum Gasteiger partial charge on any atom is 0.316 e. The lowest BCUT2D eigenvalue weighted by Crippen LogP contribution is -2.51. The number of esters is 2. The molecule has 0 bridgehead atoms. The summed E-state index contributed by atoms with van der Waals surface area (Å²) in [5.41, 5.74) is 15.1. The molecule has 78 heavy (non-hydrogen) atoms. The van der Waals surface area contributed by atoms with Gasteiger partial charge in [0, 0.05) is 36.2 Å². The maximum absolute atomic E-state index is 12.5. The fraction of sp³-hybridized carbons (Fsp3) is 0.881. The zero-order chi connectivity index (χ0) is 56.6. The van der Waals surface area contributed by atoms with Gasteiger partial charge in [-0.3, -0.25) is 19.2 Å². The molecule has 8 aliphatic rings. The quantitative estimate of drug-likeness (QED) is 0.0477. The number of primary amides is 2. The molecule has 0 aliphatic heterocycles. The zero-order valence-electron chi connectivity index (χ0n) is 50.6. The molecular weight excluding hydrogens is 1070 g/mol. The molecule has 0 aromatic carbocycles. The predicted molar refractivity (Wildman–Crippen MR) is 334 cm³/mol. The number of hydrogen-bond acceptors (Lipinski definition) is 8. The third-order valence-corrected chi connectivity index (χ3v) is 25.2. The van der Waals surface area contributed by atoms with Crippen molar-refractivity contribution in [3.05, 3.63) is 23.3 Å². The van der Waals surface area contributed by atoms with E-state index in [0.29, 0.717) is 38.8 Å². The summed E-state index contributed by atoms with van der Waals surface area (Å²) >= 11 is 8.55. The predicted octanol–water partition coefficient (Wildman–Crippen LogP) is 16.8. The van der Waals surface area contributed by atoms with Gasteiger partial charge in [0.15, 0.2) is 0 Å². The van der Waals surface area contributed by atoms with E-state index in [2.05, 4.69) is 110 Å². The summed E-state index contributed by atoms with van der Waals surface area (Å²) in [6.07, 6.45) is 33.8. The highest BCUT2D eigenvalue weighted by Crippen LogP contribution is 2.69. The van der Waals surface area contributed by atoms with Crippen LogP contribution in [0.5, 0.6) is 0 Å². The van der Waals surface area contributed by atoms with Crippen LogP contribution in [0.2, 0.25) is 0 Å². The van der Waals surface area contributed by atoms with Crippen molar-refractivity contribution in [1.29, 1.82) is 0 Å². The van der Waals surface area contributed by atoms with Crippen LogP contribution in [0, 0.1) is 105 Å². The number of amides is 2. The van der Waals surface area contributed by atoms with Gasteiger partial charge < -0.3 is 20.9 Å². The first kappa shape index (κ1) is 67.3. The Morgan fingerprint density at radius 2 is 1.03 bits per heavy atom. The molecule has 0 heterocycles. The van der Waals surface area contributed by atoms with Gasteiger partial charge in [0.05, 0.1) is 5.75 Å². The first-order valence-corrected chi connectivity index (χ1v) is 34.3. The van der Waals surface area contributed by atoms with Gasteiger partial charge in [-0.1, -0.05) is 168 Å². The van der Waals surface area contributed by atoms with E-state index in [1.807, 2.05) is 0 Å². The standard InChI is InChI=1S/C33H55NO3S.C29H47BrO2.C4H9NOS.CH4/c1-21(2)8-7-9-22(3)27-12-13-28-26-11-10-24-18-25(37-30(35)20-38-19-23(4)31(34)36)14-16-32(24,5)29(26)15-17-33(27,28)6;1-19(2)7-6-8-20(3)24-11-12-25-23-10-9-21-17-22(32-27(31)18-30)13-15-28(21,4)26(23)14-16-29(24,25)5;1-3(2-7)4(5)6;/h10,21-23,25-29H,7-9,11-20H2,1-6H3,(H2,34,36);9,19-20,22-26H,6-8,10-18H2,1-5H3;3,7H,2H2,1H3,(H2,5,6);1H4/t22-,23?,25+,26+,27-,28+,29+,32+,33-;20-,22+,23+,24-,25+,26+,28+,29-;;/m11../s1. The number of carbonyl (C=O) groups excluding carboxylic acids is 4. The summed E-state index contributed by atoms with van der Waals surface area (Å²) in [5, 5.41) is 0.307. The van der Waals surface area contributed by atoms with Crippen molar-refractivity contribution < 1.29 is 28.7 Å². The minimum atomic E-state index is -0.313. The molecule has 4 N–H and O–H groups in total. The van der Waals surface area contributed by atoms with Crippen LogP contribution in [0.3, 0.4) is 0 Å². The summed E-state index contributed by atoms with van der Waals surface area (Å²) < 4.78 is 11.6. The number of fused-ring (bicyclic) bond motifs is 10. The van der Waals surface area contributed by atoms with Gasteiger partial charge in [-0.15, -0.1) is 11.8 Å². The molecule has 0 radical (unpaired) electrons. The molecule has 6 saturated carbocycles. The van der Waals surface area contributed by atoms with Gasteiger partial charge in [0.1, 0.15) is 17.5 Å². The molecule has 2 amide bonds. The molecular formula is C67H115BrN2O6S2. The van der Waals surface area contributed by atoms with Gasteiger partial charge in [-0.05, 0) is 183 Å². The molecule has 6 fully saturated rings. The first-order valence-electron chi connectivity index (χ1n) is 31.4. The second-order valence-corrected chi connectivity index (χ2v) is 30.7. The number of hydrogen-bond donors (Lipinski definition) is 3. The molecule has 8 rings (SSSR count). The lowest BCUT2D eigenvalue weighted by Gasteiger charge is -2.58. The van der Waals surface area contributed by atoms with Gasteiger partial charge >= 0.3 is 11.9 Å². The van der Waals surface area contributed by atoms with Crippen molar-refractivity contribution in [2.24, 2.45) is 116 Å². The van der Waals surface area contributed by atoms with E-state index in [4.69, 9.17) is 20.9 Å². The summed E-state index contributed by atoms with van der Waals surface area (Å²) in [5.74, 6) is 10.6. The van der Waals surface area contributed by atoms with Crippen molar-refractivity contribution in [2.45, 2.75) is 244 Å². The topological polar surface area (TPSA) is 139 Å². The van der Waals surface area contributed by atoms with E-state index in [1.54, 1.807) is 25.0 Å². The van der Waals surface area contributed by atoms with E-state index in [-0.39, 0.29) is 60.6 Å². The Kier molecular flexibility index (Phi) is 25.4. The zero-order valence-corrected chi connectivity index (χ0v) is 53.9. The largest absolute Gasteiger partial charge is 0.461 e. The van der Waals surface area contributed by atoms with Crippen molar-refractivity contribution in [1.82, 2.24) is 0 Å². The van der Waals surface area contributed by atoms with Gasteiger partial charge in [0.25, 0.3) is 0 Å². The number of nitrogens with two attached hydrogens (primary N) is 2. The molecule has 0 aromatic heterocycles. The summed E-state index contributed by atoms with van der Waals surface area (Å²) in [6.45, 7) is 28.6. The highest BCUT2D eigenvalue weighted by Gasteiger charge is 2.61. The number of rotatable bonds is 20. The van der Waals surface area contributed by atoms with E-state index < -0.39 is 0 Å². The van der Waals surface area contributed by atoms with Crippen LogP contribution < -0.4 is 11.5 Å². The van der Waals surface area contributed by atoms with Crippen LogP contribution in [0.25, 0.3) is 0 Å². The minimum Gasteiger partial charge on any atom is -0.461 e. The number of allylic oxidation sites excluding steroid dienone is 2. The Morgan fingerprint density at radius 3 is 1.40 bits per heavy atom. The lowest BCUT2D eigenvalue weighted by atomic mass is 9.47. The van der Waals surface area contributed by atoms with Crippen molar-refractivity contribution in [2.75, 3.05) is 22.6 Å². The maximum atomic E-state index is 12.5. The van der Waals surface area contributed by atoms with Crippen LogP contribution in [0.15, 0.2) is 23.3 Å². The van der Waals surface area contributed by atoms with Crippen LogP contribution >= 0.6 is 40.3 Å².